The van der Waals surface area contributed by atoms with Crippen LogP contribution in [0, 0.1) is 6.92 Å². The van der Waals surface area contributed by atoms with Crippen LogP contribution >= 0.6 is 0 Å². The molecule has 0 amide bonds. The molecule has 0 aliphatic rings. The van der Waals surface area contributed by atoms with Gasteiger partial charge in [0.2, 0.25) is 0 Å². The number of aryl methyl sites for hydroxylation is 1. The Balaban J connectivity index is 2.29. The topological polar surface area (TPSA) is 83.0 Å². The maximum absolute atomic E-state index is 11.4. The first-order chi connectivity index (χ1) is 8.63. The van der Waals surface area contributed by atoms with Gasteiger partial charge < -0.3 is 15.0 Å². The summed E-state index contributed by atoms with van der Waals surface area (Å²) in [6.45, 7) is 2.51. The predicted octanol–water partition coefficient (Wildman–Crippen LogP) is 1.00. The number of methoxy groups -OCH3 is 1. The van der Waals surface area contributed by atoms with Crippen LogP contribution in [0.5, 0.6) is 0 Å². The van der Waals surface area contributed by atoms with E-state index in [1.54, 1.807) is 17.0 Å². The second-order valence-corrected chi connectivity index (χ2v) is 3.90. The maximum atomic E-state index is 11.4. The molecule has 0 atom stereocenters. The van der Waals surface area contributed by atoms with E-state index in [9.17, 15) is 4.79 Å². The van der Waals surface area contributed by atoms with E-state index in [4.69, 9.17) is 5.73 Å². The third kappa shape index (κ3) is 2.17. The highest BCUT2D eigenvalue weighted by Crippen LogP contribution is 2.15. The van der Waals surface area contributed by atoms with E-state index in [0.29, 0.717) is 12.4 Å². The highest BCUT2D eigenvalue weighted by Gasteiger charge is 2.16. The van der Waals surface area contributed by atoms with Crippen molar-refractivity contribution < 1.29 is 9.53 Å². The van der Waals surface area contributed by atoms with Crippen LogP contribution in [0.4, 0.5) is 5.82 Å². The van der Waals surface area contributed by atoms with Crippen LogP contribution in [0.15, 0.2) is 24.8 Å². The molecule has 0 aliphatic carbocycles. The molecule has 0 saturated carbocycles. The van der Waals surface area contributed by atoms with Crippen molar-refractivity contribution in [2.24, 2.45) is 0 Å². The Kier molecular flexibility index (Phi) is 3.27. The van der Waals surface area contributed by atoms with Gasteiger partial charge in [-0.05, 0) is 24.1 Å². The van der Waals surface area contributed by atoms with Crippen molar-refractivity contribution in [3.8, 4) is 0 Å². The van der Waals surface area contributed by atoms with Crippen LogP contribution < -0.4 is 5.73 Å². The lowest BCUT2D eigenvalue weighted by Gasteiger charge is -2.07. The van der Waals surface area contributed by atoms with Crippen molar-refractivity contribution in [3.63, 3.8) is 0 Å². The second-order valence-electron chi connectivity index (χ2n) is 3.90. The lowest BCUT2D eigenvalue weighted by molar-refractivity contribution is 0.0596. The Labute approximate surface area is 104 Å². The number of hydrogen-bond donors (Lipinski definition) is 1. The first-order valence-electron chi connectivity index (χ1n) is 5.42. The van der Waals surface area contributed by atoms with Crippen molar-refractivity contribution in [3.05, 3.63) is 41.6 Å². The summed E-state index contributed by atoms with van der Waals surface area (Å²) in [6.07, 6.45) is 5.02. The van der Waals surface area contributed by atoms with Gasteiger partial charge in [-0.2, -0.15) is 0 Å². The molecule has 0 radical (unpaired) electrons. The first kappa shape index (κ1) is 12.1. The molecule has 18 heavy (non-hydrogen) atoms. The molecule has 2 N–H and O–H groups in total. The average Bonchev–Trinajstić information content (AvgIpc) is 2.73. The number of anilines is 1. The highest BCUT2D eigenvalue weighted by molar-refractivity contribution is 5.92. The number of pyridine rings is 1. The van der Waals surface area contributed by atoms with Crippen LogP contribution in [-0.4, -0.2) is 27.6 Å². The van der Waals surface area contributed by atoms with Gasteiger partial charge in [0.05, 0.1) is 20.0 Å². The summed E-state index contributed by atoms with van der Waals surface area (Å²) < 4.78 is 6.29. The zero-order chi connectivity index (χ0) is 13.1. The monoisotopic (exact) mass is 246 g/mol. The minimum absolute atomic E-state index is 0.138. The van der Waals surface area contributed by atoms with E-state index in [2.05, 4.69) is 14.7 Å². The number of carbonyl (C=O) groups excluding carboxylic acids is 1. The van der Waals surface area contributed by atoms with Crippen molar-refractivity contribution in [2.45, 2.75) is 13.5 Å². The summed E-state index contributed by atoms with van der Waals surface area (Å²) in [4.78, 5) is 19.4. The van der Waals surface area contributed by atoms with Gasteiger partial charge in [0, 0.05) is 12.4 Å². The Morgan fingerprint density at radius 2 is 2.33 bits per heavy atom. The zero-order valence-corrected chi connectivity index (χ0v) is 10.3. The van der Waals surface area contributed by atoms with Crippen LogP contribution in [-0.2, 0) is 11.3 Å². The molecule has 2 aromatic heterocycles. The van der Waals surface area contributed by atoms with Crippen LogP contribution in [0.25, 0.3) is 0 Å². The van der Waals surface area contributed by atoms with Crippen molar-refractivity contribution in [2.75, 3.05) is 12.8 Å². The van der Waals surface area contributed by atoms with E-state index in [1.807, 2.05) is 13.0 Å². The molecule has 0 unspecified atom stereocenters. The molecule has 0 aliphatic heterocycles. The number of carbonyl (C=O) groups is 1. The van der Waals surface area contributed by atoms with Gasteiger partial charge in [-0.1, -0.05) is 0 Å². The Morgan fingerprint density at radius 1 is 1.56 bits per heavy atom. The molecular formula is C12H14N4O2. The third-order valence-corrected chi connectivity index (χ3v) is 2.75. The summed E-state index contributed by atoms with van der Waals surface area (Å²) >= 11 is 0. The van der Waals surface area contributed by atoms with Crippen LogP contribution in [0.2, 0.25) is 0 Å². The summed E-state index contributed by atoms with van der Waals surface area (Å²) in [7, 11) is 1.30. The minimum Gasteiger partial charge on any atom is -0.464 e. The Morgan fingerprint density at radius 3 is 3.00 bits per heavy atom. The molecule has 6 heteroatoms. The predicted molar refractivity (Wildman–Crippen MR) is 66.1 cm³/mol. The SMILES string of the molecule is COC(=O)c1ncn(Cc2cnccc2C)c1N. The molecule has 6 nitrogen and oxygen atoms in total. The number of aromatic nitrogens is 3. The molecule has 2 aromatic rings. The van der Waals surface area contributed by atoms with Gasteiger partial charge in [-0.15, -0.1) is 0 Å². The number of nitrogen functional groups attached to an aromatic ring is 1. The van der Waals surface area contributed by atoms with Gasteiger partial charge in [-0.3, -0.25) is 4.98 Å². The van der Waals surface area contributed by atoms with E-state index < -0.39 is 5.97 Å². The number of rotatable bonds is 3. The van der Waals surface area contributed by atoms with E-state index >= 15 is 0 Å². The smallest absolute Gasteiger partial charge is 0.360 e. The third-order valence-electron chi connectivity index (χ3n) is 2.75. The fourth-order valence-corrected chi connectivity index (χ4v) is 1.62. The summed E-state index contributed by atoms with van der Waals surface area (Å²) in [6, 6.07) is 1.92. The van der Waals surface area contributed by atoms with Gasteiger partial charge in [-0.25, -0.2) is 9.78 Å². The first-order valence-corrected chi connectivity index (χ1v) is 5.42. The van der Waals surface area contributed by atoms with Crippen molar-refractivity contribution >= 4 is 11.8 Å². The van der Waals surface area contributed by atoms with E-state index in [-0.39, 0.29) is 5.69 Å². The summed E-state index contributed by atoms with van der Waals surface area (Å²) in [5, 5.41) is 0. The summed E-state index contributed by atoms with van der Waals surface area (Å²) in [5.74, 6) is -0.237. The number of esters is 1. The fourth-order valence-electron chi connectivity index (χ4n) is 1.62. The molecular weight excluding hydrogens is 232 g/mol. The second kappa shape index (κ2) is 4.87. The minimum atomic E-state index is -0.533. The maximum Gasteiger partial charge on any atom is 0.360 e. The van der Waals surface area contributed by atoms with Gasteiger partial charge >= 0.3 is 5.97 Å². The molecule has 0 fully saturated rings. The van der Waals surface area contributed by atoms with Crippen molar-refractivity contribution in [1.82, 2.24) is 14.5 Å². The Hall–Kier alpha value is -2.37. The molecule has 0 bridgehead atoms. The van der Waals surface area contributed by atoms with Crippen LogP contribution in [0.1, 0.15) is 21.6 Å². The number of ether oxygens (including phenoxy) is 1. The van der Waals surface area contributed by atoms with E-state index in [1.165, 1.54) is 13.4 Å². The van der Waals surface area contributed by atoms with Crippen molar-refractivity contribution in [1.29, 1.82) is 0 Å². The van der Waals surface area contributed by atoms with Gasteiger partial charge in [0.25, 0.3) is 0 Å². The number of hydrogen-bond acceptors (Lipinski definition) is 5. The molecule has 0 saturated heterocycles. The normalized spacial score (nSPS) is 10.3. The molecule has 0 aromatic carbocycles. The standard InChI is InChI=1S/C12H14N4O2/c1-8-3-4-14-5-9(8)6-16-7-15-10(11(16)13)12(17)18-2/h3-5,7H,6,13H2,1-2H3. The van der Waals surface area contributed by atoms with Crippen LogP contribution in [0.3, 0.4) is 0 Å². The van der Waals surface area contributed by atoms with Gasteiger partial charge in [0.15, 0.2) is 5.69 Å². The molecule has 2 heterocycles. The number of nitrogens with zero attached hydrogens (tertiary/aromatic N) is 3. The lowest BCUT2D eigenvalue weighted by atomic mass is 10.1. The largest absolute Gasteiger partial charge is 0.464 e. The number of nitrogens with two attached hydrogens (primary N) is 1. The quantitative estimate of drug-likeness (QED) is 0.817. The van der Waals surface area contributed by atoms with E-state index in [0.717, 1.165) is 11.1 Å². The molecule has 94 valence electrons. The van der Waals surface area contributed by atoms with Gasteiger partial charge in [0.1, 0.15) is 5.82 Å². The highest BCUT2D eigenvalue weighted by atomic mass is 16.5. The molecule has 2 rings (SSSR count). The fraction of sp³-hybridized carbons (Fsp3) is 0.250. The zero-order valence-electron chi connectivity index (χ0n) is 10.3. The number of imidazole rings is 1. The lowest BCUT2D eigenvalue weighted by Crippen LogP contribution is -2.09. The Bertz CT molecular complexity index is 577. The average molecular weight is 246 g/mol. The molecule has 0 spiro atoms. The summed E-state index contributed by atoms with van der Waals surface area (Å²) in [5.41, 5.74) is 8.13.